The van der Waals surface area contributed by atoms with E-state index in [1.54, 1.807) is 22.7 Å². The van der Waals surface area contributed by atoms with Crippen LogP contribution in [0.25, 0.3) is 9.75 Å². The zero-order chi connectivity index (χ0) is 19.8. The summed E-state index contributed by atoms with van der Waals surface area (Å²) in [4.78, 5) is 2.18. The number of thiophene rings is 2. The lowest BCUT2D eigenvalue weighted by molar-refractivity contribution is 0.0940. The average Bonchev–Trinajstić information content (AvgIpc) is 3.21. The molecule has 0 saturated heterocycles. The van der Waals surface area contributed by atoms with Crippen molar-refractivity contribution in [1.29, 1.82) is 0 Å². The minimum absolute atomic E-state index is 0.0851. The Labute approximate surface area is 175 Å². The van der Waals surface area contributed by atoms with Gasteiger partial charge in [-0.3, -0.25) is 0 Å². The first kappa shape index (κ1) is 19.9. The quantitative estimate of drug-likeness (QED) is 0.542. The summed E-state index contributed by atoms with van der Waals surface area (Å²) in [6.07, 6.45) is 4.20. The SMILES string of the molecule is CCC1(CC)COc2csc(-c3scc4c3OCC(CC)(CC)CO4)c2OC1. The molecule has 0 aromatic carbocycles. The summed E-state index contributed by atoms with van der Waals surface area (Å²) < 4.78 is 25.0. The van der Waals surface area contributed by atoms with Gasteiger partial charge in [0.1, 0.15) is 0 Å². The van der Waals surface area contributed by atoms with Crippen molar-refractivity contribution in [3.8, 4) is 32.8 Å². The molecule has 0 radical (unpaired) electrons. The van der Waals surface area contributed by atoms with Crippen molar-refractivity contribution in [3.63, 3.8) is 0 Å². The third kappa shape index (κ3) is 3.28. The zero-order valence-corrected chi connectivity index (χ0v) is 18.9. The molecule has 4 heterocycles. The highest BCUT2D eigenvalue weighted by Gasteiger charge is 2.36. The number of hydrogen-bond donors (Lipinski definition) is 0. The molecule has 2 aromatic heterocycles. The molecule has 0 fully saturated rings. The van der Waals surface area contributed by atoms with Gasteiger partial charge in [-0.25, -0.2) is 0 Å². The summed E-state index contributed by atoms with van der Waals surface area (Å²) in [5, 5.41) is 4.14. The monoisotopic (exact) mass is 422 g/mol. The van der Waals surface area contributed by atoms with Gasteiger partial charge in [-0.05, 0) is 25.7 Å². The normalized spacial score (nSPS) is 19.7. The summed E-state index contributed by atoms with van der Waals surface area (Å²) in [6.45, 7) is 11.7. The Bertz CT molecular complexity index is 746. The van der Waals surface area contributed by atoms with Crippen molar-refractivity contribution in [2.24, 2.45) is 10.8 Å². The van der Waals surface area contributed by atoms with Crippen LogP contribution in [-0.2, 0) is 0 Å². The predicted octanol–water partition coefficient (Wildman–Crippen LogP) is 6.63. The Morgan fingerprint density at radius 2 is 1.00 bits per heavy atom. The van der Waals surface area contributed by atoms with Crippen LogP contribution in [0.15, 0.2) is 10.8 Å². The van der Waals surface area contributed by atoms with E-state index in [0.29, 0.717) is 26.4 Å². The summed E-state index contributed by atoms with van der Waals surface area (Å²) in [7, 11) is 0. The third-order valence-corrected chi connectivity index (χ3v) is 8.79. The zero-order valence-electron chi connectivity index (χ0n) is 17.3. The second-order valence-corrected chi connectivity index (χ2v) is 9.84. The highest BCUT2D eigenvalue weighted by molar-refractivity contribution is 7.21. The van der Waals surface area contributed by atoms with E-state index < -0.39 is 0 Å². The minimum Gasteiger partial charge on any atom is -0.488 e. The highest BCUT2D eigenvalue weighted by atomic mass is 32.1. The summed E-state index contributed by atoms with van der Waals surface area (Å²) >= 11 is 3.33. The summed E-state index contributed by atoms with van der Waals surface area (Å²) in [6, 6.07) is 0. The van der Waals surface area contributed by atoms with Crippen LogP contribution in [-0.4, -0.2) is 26.4 Å². The first-order valence-electron chi connectivity index (χ1n) is 10.3. The summed E-state index contributed by atoms with van der Waals surface area (Å²) in [5.41, 5.74) is 0.170. The second-order valence-electron chi connectivity index (χ2n) is 8.09. The maximum absolute atomic E-state index is 6.34. The lowest BCUT2D eigenvalue weighted by atomic mass is 9.84. The van der Waals surface area contributed by atoms with E-state index in [-0.39, 0.29) is 10.8 Å². The molecular formula is C22H30O4S2. The van der Waals surface area contributed by atoms with Crippen LogP contribution in [0.5, 0.6) is 23.0 Å². The molecule has 0 amide bonds. The van der Waals surface area contributed by atoms with Crippen LogP contribution < -0.4 is 18.9 Å². The fraction of sp³-hybridized carbons (Fsp3) is 0.636. The van der Waals surface area contributed by atoms with Gasteiger partial charge in [0, 0.05) is 21.6 Å². The van der Waals surface area contributed by atoms with Crippen LogP contribution in [0.4, 0.5) is 0 Å². The Balaban J connectivity index is 1.64. The molecule has 0 bridgehead atoms. The molecule has 2 aromatic rings. The average molecular weight is 423 g/mol. The Hall–Kier alpha value is -1.40. The van der Waals surface area contributed by atoms with Crippen LogP contribution in [0.2, 0.25) is 0 Å². The van der Waals surface area contributed by atoms with Gasteiger partial charge in [0.05, 0.1) is 36.2 Å². The summed E-state index contributed by atoms with van der Waals surface area (Å²) in [5.74, 6) is 3.45. The molecule has 4 rings (SSSR count). The molecule has 0 saturated carbocycles. The van der Waals surface area contributed by atoms with Gasteiger partial charge < -0.3 is 18.9 Å². The topological polar surface area (TPSA) is 36.9 Å². The highest BCUT2D eigenvalue weighted by Crippen LogP contribution is 2.55. The fourth-order valence-electron chi connectivity index (χ4n) is 3.76. The van der Waals surface area contributed by atoms with Crippen molar-refractivity contribution < 1.29 is 18.9 Å². The molecule has 4 nitrogen and oxygen atoms in total. The smallest absolute Gasteiger partial charge is 0.180 e. The number of rotatable bonds is 5. The van der Waals surface area contributed by atoms with Crippen LogP contribution in [0, 0.1) is 10.8 Å². The molecule has 0 atom stereocenters. The molecule has 0 N–H and O–H groups in total. The molecular weight excluding hydrogens is 392 g/mol. The van der Waals surface area contributed by atoms with E-state index in [4.69, 9.17) is 18.9 Å². The van der Waals surface area contributed by atoms with E-state index in [1.807, 2.05) is 0 Å². The maximum Gasteiger partial charge on any atom is 0.180 e. The minimum atomic E-state index is 0.0851. The van der Waals surface area contributed by atoms with E-state index in [9.17, 15) is 0 Å². The molecule has 0 unspecified atom stereocenters. The van der Waals surface area contributed by atoms with Gasteiger partial charge in [-0.15, -0.1) is 22.7 Å². The van der Waals surface area contributed by atoms with Crippen molar-refractivity contribution in [2.45, 2.75) is 53.4 Å². The standard InChI is InChI=1S/C22H30O4S2/c1-5-21(6-2)11-23-15-9-27-19(17(15)25-13-21)20-18-16(10-28-20)24-12-22(7-3,8-4)14-26-18/h9-10H,5-8,11-14H2,1-4H3. The maximum atomic E-state index is 6.34. The first-order chi connectivity index (χ1) is 13.6. The Morgan fingerprint density at radius 3 is 1.36 bits per heavy atom. The van der Waals surface area contributed by atoms with Crippen LogP contribution in [0.3, 0.4) is 0 Å². The fourth-order valence-corrected chi connectivity index (χ4v) is 5.78. The van der Waals surface area contributed by atoms with Crippen molar-refractivity contribution in [1.82, 2.24) is 0 Å². The molecule has 2 aliphatic heterocycles. The van der Waals surface area contributed by atoms with E-state index in [1.165, 1.54) is 0 Å². The van der Waals surface area contributed by atoms with Crippen LogP contribution in [0.1, 0.15) is 53.4 Å². The van der Waals surface area contributed by atoms with Gasteiger partial charge in [0.2, 0.25) is 0 Å². The van der Waals surface area contributed by atoms with Gasteiger partial charge in [0.25, 0.3) is 0 Å². The second kappa shape index (κ2) is 7.79. The van der Waals surface area contributed by atoms with Gasteiger partial charge in [0.15, 0.2) is 23.0 Å². The predicted molar refractivity (Wildman–Crippen MR) is 116 cm³/mol. The molecule has 28 heavy (non-hydrogen) atoms. The lowest BCUT2D eigenvalue weighted by Crippen LogP contribution is -2.32. The van der Waals surface area contributed by atoms with E-state index >= 15 is 0 Å². The van der Waals surface area contributed by atoms with Gasteiger partial charge >= 0.3 is 0 Å². The molecule has 0 spiro atoms. The Morgan fingerprint density at radius 1 is 0.643 bits per heavy atom. The molecule has 0 aliphatic carbocycles. The number of ether oxygens (including phenoxy) is 4. The molecule has 2 aliphatic rings. The van der Waals surface area contributed by atoms with E-state index in [2.05, 4.69) is 38.5 Å². The van der Waals surface area contributed by atoms with Crippen LogP contribution >= 0.6 is 22.7 Å². The first-order valence-corrected chi connectivity index (χ1v) is 12.1. The number of hydrogen-bond acceptors (Lipinski definition) is 6. The Kier molecular flexibility index (Phi) is 5.53. The van der Waals surface area contributed by atoms with Gasteiger partial charge in [-0.2, -0.15) is 0 Å². The largest absolute Gasteiger partial charge is 0.488 e. The molecule has 154 valence electrons. The number of fused-ring (bicyclic) bond motifs is 2. The van der Waals surface area contributed by atoms with Crippen molar-refractivity contribution in [2.75, 3.05) is 26.4 Å². The third-order valence-electron chi connectivity index (χ3n) is 6.75. The molecule has 6 heteroatoms. The van der Waals surface area contributed by atoms with Gasteiger partial charge in [-0.1, -0.05) is 27.7 Å². The lowest BCUT2D eigenvalue weighted by Gasteiger charge is -2.28. The van der Waals surface area contributed by atoms with E-state index in [0.717, 1.165) is 58.4 Å². The van der Waals surface area contributed by atoms with Crippen molar-refractivity contribution >= 4 is 22.7 Å². The van der Waals surface area contributed by atoms with Crippen molar-refractivity contribution in [3.05, 3.63) is 10.8 Å².